The van der Waals surface area contributed by atoms with E-state index in [2.05, 4.69) is 0 Å². The Bertz CT molecular complexity index is 489. The zero-order valence-corrected chi connectivity index (χ0v) is 15.1. The normalized spacial score (nSPS) is 25.1. The molecule has 0 aromatic heterocycles. The van der Waals surface area contributed by atoms with E-state index in [1.165, 1.54) is 11.8 Å². The highest BCUT2D eigenvalue weighted by Crippen LogP contribution is 2.28. The molecule has 2 fully saturated rings. The Morgan fingerprint density at radius 1 is 1.30 bits per heavy atom. The molecule has 23 heavy (non-hydrogen) atoms. The third-order valence-electron chi connectivity index (χ3n) is 4.02. The van der Waals surface area contributed by atoms with Crippen LogP contribution in [0.5, 0.6) is 0 Å². The van der Waals surface area contributed by atoms with Crippen LogP contribution < -0.4 is 0 Å². The van der Waals surface area contributed by atoms with E-state index in [0.717, 1.165) is 6.42 Å². The van der Waals surface area contributed by atoms with Crippen LogP contribution in [0.4, 0.5) is 4.79 Å². The van der Waals surface area contributed by atoms with E-state index in [-0.39, 0.29) is 29.1 Å². The number of hydrogen-bond acceptors (Lipinski definition) is 5. The number of rotatable bonds is 3. The molecule has 6 nitrogen and oxygen atoms in total. The van der Waals surface area contributed by atoms with E-state index >= 15 is 0 Å². The Kier molecular flexibility index (Phi) is 5.60. The largest absolute Gasteiger partial charge is 0.444 e. The summed E-state index contributed by atoms with van der Waals surface area (Å²) in [4.78, 5) is 38.9. The van der Waals surface area contributed by atoms with Crippen molar-refractivity contribution >= 4 is 28.9 Å². The fraction of sp³-hybridized carbons (Fsp3) is 0.812. The van der Waals surface area contributed by atoms with Crippen LogP contribution in [0, 0.1) is 5.92 Å². The molecule has 2 saturated heterocycles. The van der Waals surface area contributed by atoms with Gasteiger partial charge in [0.1, 0.15) is 5.60 Å². The van der Waals surface area contributed by atoms with Gasteiger partial charge >= 0.3 is 6.09 Å². The minimum atomic E-state index is -0.506. The van der Waals surface area contributed by atoms with Gasteiger partial charge in [-0.1, -0.05) is 11.8 Å². The molecule has 0 aromatic rings. The Morgan fingerprint density at radius 3 is 2.61 bits per heavy atom. The highest BCUT2D eigenvalue weighted by Gasteiger charge is 2.39. The van der Waals surface area contributed by atoms with E-state index in [1.54, 1.807) is 11.8 Å². The number of carbonyl (C=O) groups is 3. The van der Waals surface area contributed by atoms with Crippen molar-refractivity contribution in [1.82, 2.24) is 9.80 Å². The van der Waals surface area contributed by atoms with Gasteiger partial charge in [0.15, 0.2) is 5.12 Å². The molecule has 0 saturated carbocycles. The molecule has 0 spiro atoms. The maximum atomic E-state index is 12.2. The van der Waals surface area contributed by atoms with Crippen LogP contribution in [0.15, 0.2) is 0 Å². The predicted molar refractivity (Wildman–Crippen MR) is 89.2 cm³/mol. The Morgan fingerprint density at radius 2 is 2.00 bits per heavy atom. The van der Waals surface area contributed by atoms with E-state index in [9.17, 15) is 14.4 Å². The van der Waals surface area contributed by atoms with Gasteiger partial charge in [0, 0.05) is 38.7 Å². The highest BCUT2D eigenvalue weighted by atomic mass is 32.2. The second-order valence-electron chi connectivity index (χ2n) is 7.29. The lowest BCUT2D eigenvalue weighted by Crippen LogP contribution is -2.41. The van der Waals surface area contributed by atoms with E-state index in [1.807, 2.05) is 25.7 Å². The molecule has 2 amide bonds. The average Bonchev–Trinajstić information content (AvgIpc) is 3.00. The highest BCUT2D eigenvalue weighted by molar-refractivity contribution is 8.13. The van der Waals surface area contributed by atoms with Gasteiger partial charge in [-0.05, 0) is 33.1 Å². The number of ether oxygens (including phenoxy) is 1. The summed E-state index contributed by atoms with van der Waals surface area (Å²) in [6.45, 7) is 8.93. The smallest absolute Gasteiger partial charge is 0.410 e. The number of carbonyl (C=O) groups excluding carboxylic acids is 3. The predicted octanol–water partition coefficient (Wildman–Crippen LogP) is 2.12. The summed E-state index contributed by atoms with van der Waals surface area (Å²) in [5.41, 5.74) is -0.506. The van der Waals surface area contributed by atoms with Gasteiger partial charge in [-0.3, -0.25) is 9.59 Å². The third kappa shape index (κ3) is 5.12. The SMILES string of the molecule is CC(=O)SCC1CC(=O)N([C@@H]2CCN(C(=O)OC(C)(C)C)C2)C1. The van der Waals surface area contributed by atoms with Crippen molar-refractivity contribution in [2.24, 2.45) is 5.92 Å². The van der Waals surface area contributed by atoms with Crippen molar-refractivity contribution in [3.63, 3.8) is 0 Å². The summed E-state index contributed by atoms with van der Waals surface area (Å²) in [7, 11) is 0. The zero-order valence-electron chi connectivity index (χ0n) is 14.3. The van der Waals surface area contributed by atoms with Crippen molar-refractivity contribution in [2.45, 2.75) is 52.2 Å². The van der Waals surface area contributed by atoms with Gasteiger partial charge < -0.3 is 14.5 Å². The lowest BCUT2D eigenvalue weighted by Gasteiger charge is -2.26. The van der Waals surface area contributed by atoms with Crippen molar-refractivity contribution in [1.29, 1.82) is 0 Å². The summed E-state index contributed by atoms with van der Waals surface area (Å²) in [6, 6.07) is 0.0716. The zero-order chi connectivity index (χ0) is 17.2. The molecule has 0 N–H and O–H groups in total. The Hall–Kier alpha value is -1.24. The second kappa shape index (κ2) is 7.11. The molecule has 130 valence electrons. The fourth-order valence-electron chi connectivity index (χ4n) is 3.00. The first-order valence-corrected chi connectivity index (χ1v) is 9.05. The van der Waals surface area contributed by atoms with Gasteiger partial charge in [-0.25, -0.2) is 4.79 Å². The molecular weight excluding hydrogens is 316 g/mol. The summed E-state index contributed by atoms with van der Waals surface area (Å²) in [6.07, 6.45) is 0.983. The topological polar surface area (TPSA) is 66.9 Å². The average molecular weight is 342 g/mol. The fourth-order valence-corrected chi connectivity index (χ4v) is 3.69. The minimum absolute atomic E-state index is 0.0716. The van der Waals surface area contributed by atoms with Crippen LogP contribution in [0.3, 0.4) is 0 Å². The van der Waals surface area contributed by atoms with E-state index < -0.39 is 5.60 Å². The van der Waals surface area contributed by atoms with Crippen LogP contribution in [-0.2, 0) is 14.3 Å². The minimum Gasteiger partial charge on any atom is -0.444 e. The summed E-state index contributed by atoms with van der Waals surface area (Å²) in [5.74, 6) is 1.06. The monoisotopic (exact) mass is 342 g/mol. The van der Waals surface area contributed by atoms with Crippen molar-refractivity contribution in [2.75, 3.05) is 25.4 Å². The van der Waals surface area contributed by atoms with Crippen molar-refractivity contribution in [3.8, 4) is 0 Å². The first-order chi connectivity index (χ1) is 10.7. The number of thioether (sulfide) groups is 1. The van der Waals surface area contributed by atoms with Gasteiger partial charge in [-0.15, -0.1) is 0 Å². The third-order valence-corrected chi connectivity index (χ3v) is 5.06. The molecule has 1 unspecified atom stereocenters. The summed E-state index contributed by atoms with van der Waals surface area (Å²) >= 11 is 1.28. The first-order valence-electron chi connectivity index (χ1n) is 8.06. The van der Waals surface area contributed by atoms with Crippen LogP contribution >= 0.6 is 11.8 Å². The standard InChI is InChI=1S/C16H26N2O4S/c1-11(19)23-10-12-7-14(20)18(8-12)13-5-6-17(9-13)15(21)22-16(2,3)4/h12-13H,5-10H2,1-4H3/t12?,13-/m1/s1. The summed E-state index contributed by atoms with van der Waals surface area (Å²) in [5, 5.41) is 0.0906. The molecule has 2 aliphatic heterocycles. The number of hydrogen-bond donors (Lipinski definition) is 0. The quantitative estimate of drug-likeness (QED) is 0.786. The molecule has 0 bridgehead atoms. The molecular formula is C16H26N2O4S. The van der Waals surface area contributed by atoms with Gasteiger partial charge in [0.25, 0.3) is 0 Å². The molecule has 0 aromatic carbocycles. The Labute approximate surface area is 141 Å². The van der Waals surface area contributed by atoms with Gasteiger partial charge in [-0.2, -0.15) is 0 Å². The number of likely N-dealkylation sites (tertiary alicyclic amines) is 2. The number of nitrogens with zero attached hydrogens (tertiary/aromatic N) is 2. The van der Waals surface area contributed by atoms with Crippen LogP contribution in [-0.4, -0.2) is 63.9 Å². The van der Waals surface area contributed by atoms with Crippen molar-refractivity contribution in [3.05, 3.63) is 0 Å². The second-order valence-corrected chi connectivity index (χ2v) is 8.48. The molecule has 2 heterocycles. The number of amides is 2. The molecule has 2 rings (SSSR count). The lowest BCUT2D eigenvalue weighted by atomic mass is 10.1. The molecule has 0 radical (unpaired) electrons. The first kappa shape index (κ1) is 18.1. The van der Waals surface area contributed by atoms with Crippen LogP contribution in [0.25, 0.3) is 0 Å². The maximum absolute atomic E-state index is 12.2. The van der Waals surface area contributed by atoms with Crippen molar-refractivity contribution < 1.29 is 19.1 Å². The Balaban J connectivity index is 1.85. The van der Waals surface area contributed by atoms with Gasteiger partial charge in [0.2, 0.25) is 5.91 Å². The summed E-state index contributed by atoms with van der Waals surface area (Å²) < 4.78 is 5.39. The van der Waals surface area contributed by atoms with Crippen LogP contribution in [0.2, 0.25) is 0 Å². The molecule has 2 atom stereocenters. The maximum Gasteiger partial charge on any atom is 0.410 e. The molecule has 7 heteroatoms. The lowest BCUT2D eigenvalue weighted by molar-refractivity contribution is -0.129. The van der Waals surface area contributed by atoms with E-state index in [0.29, 0.717) is 31.8 Å². The van der Waals surface area contributed by atoms with Crippen LogP contribution in [0.1, 0.15) is 40.5 Å². The van der Waals surface area contributed by atoms with Gasteiger partial charge in [0.05, 0.1) is 6.04 Å². The van der Waals surface area contributed by atoms with E-state index in [4.69, 9.17) is 4.74 Å². The molecule has 0 aliphatic carbocycles. The molecule has 2 aliphatic rings.